The zero-order valence-electron chi connectivity index (χ0n) is 14.3. The summed E-state index contributed by atoms with van der Waals surface area (Å²) in [5, 5.41) is 12.3. The third-order valence-corrected chi connectivity index (χ3v) is 5.12. The Bertz CT molecular complexity index is 989. The Morgan fingerprint density at radius 3 is 2.63 bits per heavy atom. The number of aromatic nitrogens is 1. The summed E-state index contributed by atoms with van der Waals surface area (Å²) in [5.41, 5.74) is 2.08. The maximum Gasteiger partial charge on any atom is 0.586 e. The van der Waals surface area contributed by atoms with Crippen molar-refractivity contribution in [2.75, 3.05) is 5.32 Å². The summed E-state index contributed by atoms with van der Waals surface area (Å²) >= 11 is 6.05. The number of aryl methyl sites for hydroxylation is 1. The fourth-order valence-corrected chi connectivity index (χ4v) is 3.53. The SMILES string of the molecule is C=C(Nc1cc(C)c(C#N)c(Cl)n1)C1(c2ccc3c(c2)OC(F)(F)O3)CC1. The molecule has 0 atom stereocenters. The summed E-state index contributed by atoms with van der Waals surface area (Å²) in [6.07, 6.45) is -2.04. The molecule has 1 aromatic carbocycles. The number of pyridine rings is 1. The van der Waals surface area contributed by atoms with Crippen molar-refractivity contribution in [1.82, 2.24) is 4.98 Å². The third-order valence-electron chi connectivity index (χ3n) is 4.84. The number of alkyl halides is 2. The number of hydrogen-bond acceptors (Lipinski definition) is 5. The van der Waals surface area contributed by atoms with E-state index in [1.54, 1.807) is 25.1 Å². The monoisotopic (exact) mass is 389 g/mol. The van der Waals surface area contributed by atoms with Crippen LogP contribution in [-0.4, -0.2) is 11.3 Å². The Hall–Kier alpha value is -2.85. The van der Waals surface area contributed by atoms with Gasteiger partial charge in [0.15, 0.2) is 11.5 Å². The van der Waals surface area contributed by atoms with Gasteiger partial charge in [-0.05, 0) is 49.1 Å². The molecule has 0 bridgehead atoms. The van der Waals surface area contributed by atoms with Crippen LogP contribution in [0.25, 0.3) is 0 Å². The van der Waals surface area contributed by atoms with Crippen LogP contribution in [0.3, 0.4) is 0 Å². The molecule has 138 valence electrons. The van der Waals surface area contributed by atoms with Gasteiger partial charge >= 0.3 is 6.29 Å². The minimum Gasteiger partial charge on any atom is -0.395 e. The molecule has 4 rings (SSSR count). The van der Waals surface area contributed by atoms with Crippen LogP contribution in [-0.2, 0) is 5.41 Å². The predicted octanol–water partition coefficient (Wildman–Crippen LogP) is 4.89. The Morgan fingerprint density at radius 2 is 2.00 bits per heavy atom. The lowest BCUT2D eigenvalue weighted by atomic mass is 9.92. The van der Waals surface area contributed by atoms with E-state index in [9.17, 15) is 8.78 Å². The van der Waals surface area contributed by atoms with E-state index in [2.05, 4.69) is 26.4 Å². The molecule has 2 aliphatic rings. The van der Waals surface area contributed by atoms with Crippen molar-refractivity contribution in [1.29, 1.82) is 5.26 Å². The lowest BCUT2D eigenvalue weighted by Crippen LogP contribution is -2.26. The van der Waals surface area contributed by atoms with Crippen LogP contribution in [0.4, 0.5) is 14.6 Å². The Kier molecular flexibility index (Phi) is 3.79. The number of fused-ring (bicyclic) bond motifs is 1. The van der Waals surface area contributed by atoms with Gasteiger partial charge in [0.2, 0.25) is 0 Å². The highest BCUT2D eigenvalue weighted by Crippen LogP contribution is 2.55. The topological polar surface area (TPSA) is 67.2 Å². The molecule has 5 nitrogen and oxygen atoms in total. The second kappa shape index (κ2) is 5.83. The molecular weight excluding hydrogens is 376 g/mol. The summed E-state index contributed by atoms with van der Waals surface area (Å²) in [7, 11) is 0. The average Bonchev–Trinajstić information content (AvgIpc) is 3.32. The molecule has 0 amide bonds. The van der Waals surface area contributed by atoms with E-state index >= 15 is 0 Å². The summed E-state index contributed by atoms with van der Waals surface area (Å²) in [6.45, 7) is 5.87. The van der Waals surface area contributed by atoms with E-state index in [0.29, 0.717) is 22.6 Å². The minimum absolute atomic E-state index is 0.00645. The molecule has 1 aliphatic carbocycles. The standard InChI is InChI=1S/C19H14ClF2N3O2/c1-10-7-16(25-17(20)13(10)9-23)24-11(2)18(5-6-18)12-3-4-14-15(8-12)27-19(21,22)26-14/h3-4,7-8H,2,5-6H2,1H3,(H,24,25). The molecule has 0 spiro atoms. The quantitative estimate of drug-likeness (QED) is 0.754. The maximum atomic E-state index is 13.2. The molecule has 2 aromatic rings. The number of allylic oxidation sites excluding steroid dienone is 1. The predicted molar refractivity (Wildman–Crippen MR) is 95.0 cm³/mol. The first-order chi connectivity index (χ1) is 12.7. The smallest absolute Gasteiger partial charge is 0.395 e. The normalized spacial score (nSPS) is 17.9. The van der Waals surface area contributed by atoms with Gasteiger partial charge in [0, 0.05) is 11.1 Å². The van der Waals surface area contributed by atoms with Crippen LogP contribution in [0.15, 0.2) is 36.5 Å². The van der Waals surface area contributed by atoms with Gasteiger partial charge in [0.05, 0.1) is 5.56 Å². The molecule has 2 heterocycles. The van der Waals surface area contributed by atoms with E-state index in [-0.39, 0.29) is 16.7 Å². The van der Waals surface area contributed by atoms with Crippen molar-refractivity contribution >= 4 is 17.4 Å². The van der Waals surface area contributed by atoms with Crippen LogP contribution in [0, 0.1) is 18.3 Å². The molecule has 1 saturated carbocycles. The number of rotatable bonds is 4. The van der Waals surface area contributed by atoms with E-state index in [1.807, 2.05) is 6.07 Å². The van der Waals surface area contributed by atoms with Gasteiger partial charge in [-0.3, -0.25) is 0 Å². The van der Waals surface area contributed by atoms with Crippen LogP contribution in [0.2, 0.25) is 5.15 Å². The van der Waals surface area contributed by atoms with Gasteiger partial charge in [-0.25, -0.2) is 4.98 Å². The van der Waals surface area contributed by atoms with E-state index in [4.69, 9.17) is 16.9 Å². The first kappa shape index (κ1) is 17.6. The first-order valence-corrected chi connectivity index (χ1v) is 8.56. The van der Waals surface area contributed by atoms with Crippen molar-refractivity contribution in [2.45, 2.75) is 31.5 Å². The largest absolute Gasteiger partial charge is 0.586 e. The molecule has 1 aromatic heterocycles. The van der Waals surface area contributed by atoms with E-state index in [1.165, 1.54) is 6.07 Å². The lowest BCUT2D eigenvalue weighted by Gasteiger charge is -2.21. The minimum atomic E-state index is -3.65. The second-order valence-corrected chi connectivity index (χ2v) is 6.97. The van der Waals surface area contributed by atoms with Gasteiger partial charge in [-0.15, -0.1) is 8.78 Å². The fraction of sp³-hybridized carbons (Fsp3) is 0.263. The number of halogens is 3. The molecule has 1 aliphatic heterocycles. The number of ether oxygens (including phenoxy) is 2. The van der Waals surface area contributed by atoms with E-state index < -0.39 is 11.7 Å². The number of anilines is 1. The summed E-state index contributed by atoms with van der Waals surface area (Å²) in [5.74, 6) is 0.487. The zero-order valence-corrected chi connectivity index (χ0v) is 15.0. The molecule has 8 heteroatoms. The Balaban J connectivity index is 1.59. The van der Waals surface area contributed by atoms with Crippen molar-refractivity contribution in [3.63, 3.8) is 0 Å². The highest BCUT2D eigenvalue weighted by molar-refractivity contribution is 6.30. The number of benzene rings is 1. The number of hydrogen-bond donors (Lipinski definition) is 1. The molecule has 0 radical (unpaired) electrons. The van der Waals surface area contributed by atoms with Crippen molar-refractivity contribution < 1.29 is 18.3 Å². The molecule has 1 N–H and O–H groups in total. The van der Waals surface area contributed by atoms with Gasteiger partial charge in [-0.2, -0.15) is 5.26 Å². The zero-order chi connectivity index (χ0) is 19.4. The maximum absolute atomic E-state index is 13.2. The van der Waals surface area contributed by atoms with Crippen LogP contribution in [0.5, 0.6) is 11.5 Å². The highest BCUT2D eigenvalue weighted by atomic mass is 35.5. The van der Waals surface area contributed by atoms with Crippen molar-refractivity contribution in [2.24, 2.45) is 0 Å². The molecule has 0 saturated heterocycles. The molecular formula is C19H14ClF2N3O2. The van der Waals surface area contributed by atoms with Crippen LogP contribution >= 0.6 is 11.6 Å². The van der Waals surface area contributed by atoms with Crippen molar-refractivity contribution in [3.8, 4) is 17.6 Å². The highest BCUT2D eigenvalue weighted by Gasteiger charge is 2.49. The van der Waals surface area contributed by atoms with Crippen LogP contribution < -0.4 is 14.8 Å². The Labute approximate surface area is 159 Å². The average molecular weight is 390 g/mol. The first-order valence-electron chi connectivity index (χ1n) is 8.18. The molecule has 0 unspecified atom stereocenters. The number of nitriles is 1. The van der Waals surface area contributed by atoms with Crippen molar-refractivity contribution in [3.05, 3.63) is 58.4 Å². The third kappa shape index (κ3) is 2.96. The molecule has 27 heavy (non-hydrogen) atoms. The summed E-state index contributed by atoms with van der Waals surface area (Å²) in [6, 6.07) is 8.48. The van der Waals surface area contributed by atoms with Gasteiger partial charge in [0.25, 0.3) is 0 Å². The Morgan fingerprint density at radius 1 is 1.30 bits per heavy atom. The fourth-order valence-electron chi connectivity index (χ4n) is 3.24. The second-order valence-electron chi connectivity index (χ2n) is 6.62. The lowest BCUT2D eigenvalue weighted by molar-refractivity contribution is -0.286. The van der Waals surface area contributed by atoms with Gasteiger partial charge in [-0.1, -0.05) is 24.2 Å². The van der Waals surface area contributed by atoms with Gasteiger partial charge < -0.3 is 14.8 Å². The summed E-state index contributed by atoms with van der Waals surface area (Å²) < 4.78 is 35.5. The summed E-state index contributed by atoms with van der Waals surface area (Å²) in [4.78, 5) is 4.18. The van der Waals surface area contributed by atoms with E-state index in [0.717, 1.165) is 18.4 Å². The number of nitrogens with zero attached hydrogens (tertiary/aromatic N) is 2. The number of nitrogens with one attached hydrogen (secondary N) is 1. The van der Waals surface area contributed by atoms with Gasteiger partial charge in [0.1, 0.15) is 17.0 Å². The molecule has 1 fully saturated rings. The van der Waals surface area contributed by atoms with Crippen LogP contribution in [0.1, 0.15) is 29.5 Å².